The fraction of sp³-hybridized carbons (Fsp3) is 0.750. The zero-order valence-corrected chi connectivity index (χ0v) is 31.6. The highest BCUT2D eigenvalue weighted by Gasteiger charge is 2.90. The van der Waals surface area contributed by atoms with E-state index in [-0.39, 0.29) is 34.2 Å². The van der Waals surface area contributed by atoms with Crippen molar-refractivity contribution < 1.29 is 117 Å². The van der Waals surface area contributed by atoms with E-state index in [4.69, 9.17) is 9.47 Å². The number of hydroxylamine groups is 1. The second-order valence-electron chi connectivity index (χ2n) is 14.0. The van der Waals surface area contributed by atoms with Gasteiger partial charge in [0, 0.05) is 32.4 Å². The predicted molar refractivity (Wildman–Crippen MR) is 178 cm³/mol. The monoisotopic (exact) mass is 924 g/mol. The number of nitrogens with zero attached hydrogens (tertiary/aromatic N) is 1. The molecular weight excluding hydrogens is 883 g/mol. The number of alkyl halides is 13. The Balaban J connectivity index is 2.02. The Kier molecular flexibility index (Phi) is 17.5. The van der Waals surface area contributed by atoms with E-state index in [9.17, 15) is 108 Å². The largest absolute Gasteiger partial charge is 0.623 e. The first-order valence-electron chi connectivity index (χ1n) is 17.0. The Labute approximate surface area is 334 Å². The number of carbonyl (C=O) groups excluding carboxylic acids is 1. The molecule has 0 saturated carbocycles. The maximum absolute atomic E-state index is 14.1. The Morgan fingerprint density at radius 3 is 1.90 bits per heavy atom. The van der Waals surface area contributed by atoms with Crippen LogP contribution in [0.4, 0.5) is 57.1 Å². The minimum absolute atomic E-state index is 0.129. The van der Waals surface area contributed by atoms with Crippen molar-refractivity contribution in [3.63, 3.8) is 0 Å². The summed E-state index contributed by atoms with van der Waals surface area (Å²) in [7, 11) is 0. The minimum Gasteiger partial charge on any atom is -0.623 e. The van der Waals surface area contributed by atoms with Crippen LogP contribution in [0.25, 0.3) is 0 Å². The lowest BCUT2D eigenvalue weighted by Gasteiger charge is -2.42. The third kappa shape index (κ3) is 11.2. The first kappa shape index (κ1) is 53.3. The normalized spacial score (nSPS) is 23.9. The van der Waals surface area contributed by atoms with E-state index in [0.717, 1.165) is 6.21 Å². The molecule has 2 rings (SSSR count). The van der Waals surface area contributed by atoms with Gasteiger partial charge in [0.2, 0.25) is 0 Å². The third-order valence-corrected chi connectivity index (χ3v) is 10.4. The summed E-state index contributed by atoms with van der Waals surface area (Å²) in [6.07, 6.45) is -27.1. The fourth-order valence-electron chi connectivity index (χ4n) is 5.04. The van der Waals surface area contributed by atoms with Gasteiger partial charge in [-0.05, 0) is 23.4 Å². The van der Waals surface area contributed by atoms with Crippen LogP contribution in [-0.2, 0) is 20.8 Å². The number of thioether (sulfide) groups is 1. The fourth-order valence-corrected chi connectivity index (χ4v) is 6.21. The number of carbonyl (C=O) groups is 1. The van der Waals surface area contributed by atoms with Crippen LogP contribution >= 0.6 is 11.8 Å². The Morgan fingerprint density at radius 1 is 0.867 bits per heavy atom. The maximum atomic E-state index is 14.1. The van der Waals surface area contributed by atoms with Crippen molar-refractivity contribution >= 4 is 23.9 Å². The van der Waals surface area contributed by atoms with Crippen LogP contribution in [-0.4, -0.2) is 179 Å². The van der Waals surface area contributed by atoms with Crippen LogP contribution < -0.4 is 5.32 Å². The second kappa shape index (κ2) is 19.7. The van der Waals surface area contributed by atoms with Crippen LogP contribution in [0.1, 0.15) is 31.4 Å². The Morgan fingerprint density at radius 2 is 1.40 bits per heavy atom. The molecule has 1 aliphatic heterocycles. The van der Waals surface area contributed by atoms with Gasteiger partial charge in [-0.1, -0.05) is 12.1 Å². The minimum atomic E-state index is -8.01. The Hall–Kier alpha value is -2.80. The molecule has 1 aromatic rings. The number of aliphatic hydroxyl groups excluding tert-OH is 8. The van der Waals surface area contributed by atoms with Gasteiger partial charge in [0.25, 0.3) is 5.91 Å². The molecule has 1 heterocycles. The van der Waals surface area contributed by atoms with Gasteiger partial charge in [0.15, 0.2) is 24.1 Å². The molecule has 14 nitrogen and oxygen atoms in total. The van der Waals surface area contributed by atoms with Gasteiger partial charge >= 0.3 is 35.8 Å². The van der Waals surface area contributed by atoms with Crippen LogP contribution in [0.15, 0.2) is 24.3 Å². The molecule has 0 aromatic heterocycles. The quantitative estimate of drug-likeness (QED) is 0.0211. The molecule has 9 N–H and O–H groups in total. The van der Waals surface area contributed by atoms with Crippen LogP contribution in [0.2, 0.25) is 0 Å². The zero-order chi connectivity index (χ0) is 46.6. The number of halogens is 13. The van der Waals surface area contributed by atoms with Crippen molar-refractivity contribution in [1.82, 2.24) is 5.32 Å². The molecule has 0 unspecified atom stereocenters. The van der Waals surface area contributed by atoms with Gasteiger partial charge in [-0.2, -0.15) is 68.8 Å². The lowest BCUT2D eigenvalue weighted by molar-refractivity contribution is -0.528. The van der Waals surface area contributed by atoms with Gasteiger partial charge in [-0.25, -0.2) is 4.74 Å². The van der Waals surface area contributed by atoms with Crippen molar-refractivity contribution in [3.8, 4) is 0 Å². The van der Waals surface area contributed by atoms with E-state index in [1.54, 1.807) is 0 Å². The van der Waals surface area contributed by atoms with Crippen LogP contribution in [0, 0.1) is 5.21 Å². The van der Waals surface area contributed by atoms with Crippen molar-refractivity contribution in [3.05, 3.63) is 40.6 Å². The topological polar surface area (TPSA) is 235 Å². The van der Waals surface area contributed by atoms with Crippen molar-refractivity contribution in [2.75, 3.05) is 24.7 Å². The van der Waals surface area contributed by atoms with E-state index in [0.29, 0.717) is 0 Å². The summed E-state index contributed by atoms with van der Waals surface area (Å²) in [5.74, 6) is -40.6. The highest BCUT2D eigenvalue weighted by Crippen LogP contribution is 2.60. The first-order chi connectivity index (χ1) is 27.2. The molecule has 1 aliphatic rings. The molecule has 0 spiro atoms. The Bertz CT molecular complexity index is 1590. The average Bonchev–Trinajstić information content (AvgIpc) is 3.16. The van der Waals surface area contributed by atoms with E-state index in [1.165, 1.54) is 38.1 Å². The number of aliphatic hydroxyl groups is 8. The van der Waals surface area contributed by atoms with Crippen molar-refractivity contribution in [1.29, 1.82) is 0 Å². The van der Waals surface area contributed by atoms with Crippen LogP contribution in [0.5, 0.6) is 0 Å². The number of hydrogen-bond donors (Lipinski definition) is 9. The molecule has 28 heteroatoms. The number of benzene rings is 1. The van der Waals surface area contributed by atoms with E-state index in [2.05, 4.69) is 5.32 Å². The number of rotatable bonds is 21. The molecule has 0 aliphatic carbocycles. The number of amides is 1. The summed E-state index contributed by atoms with van der Waals surface area (Å²) >= 11 is 0.206. The maximum Gasteiger partial charge on any atom is 0.460 e. The van der Waals surface area contributed by atoms with Gasteiger partial charge in [-0.15, -0.1) is 0 Å². The van der Waals surface area contributed by atoms with Crippen LogP contribution in [0.3, 0.4) is 0 Å². The molecule has 1 amide bonds. The highest BCUT2D eigenvalue weighted by molar-refractivity contribution is 7.99. The van der Waals surface area contributed by atoms with Gasteiger partial charge in [0.05, 0.1) is 19.0 Å². The van der Waals surface area contributed by atoms with Gasteiger partial charge in [0.1, 0.15) is 42.7 Å². The van der Waals surface area contributed by atoms with E-state index in [1.807, 2.05) is 0 Å². The summed E-state index contributed by atoms with van der Waals surface area (Å²) in [5, 5.41) is 95.0. The summed E-state index contributed by atoms with van der Waals surface area (Å²) < 4.78 is 184. The second-order valence-corrected chi connectivity index (χ2v) is 15.1. The lowest BCUT2D eigenvalue weighted by Crippen LogP contribution is -2.70. The SMILES string of the molecule is CC(C)(CSCCC(F)(F)C(F)(F)C(F)(F)C(F)(F)C(F)(F)C(F)(F)F)/[N+]([O-])=C/c1ccc(CNC(=O)[C@H](O)[C@@H](O)[C@H](O[C@@H]2O[C@H](CO)[C@H](O)[C@H](O)[C@H]2O)[C@H](O)CO)cc1. The molecule has 1 aromatic carbocycles. The summed E-state index contributed by atoms with van der Waals surface area (Å²) in [4.78, 5) is 12.6. The summed E-state index contributed by atoms with van der Waals surface area (Å²) in [6, 6.07) is 5.20. The van der Waals surface area contributed by atoms with Crippen molar-refractivity contribution in [2.45, 2.75) is 123 Å². The summed E-state index contributed by atoms with van der Waals surface area (Å²) in [5.41, 5.74) is -1.21. The highest BCUT2D eigenvalue weighted by atomic mass is 32.2. The lowest BCUT2D eigenvalue weighted by atomic mass is 9.93. The summed E-state index contributed by atoms with van der Waals surface area (Å²) in [6.45, 7) is -0.0366. The smallest absolute Gasteiger partial charge is 0.460 e. The molecule has 1 fully saturated rings. The molecular formula is C32H41F13N2O12S. The molecule has 9 atom stereocenters. The number of nitrogens with one attached hydrogen (secondary N) is 1. The predicted octanol–water partition coefficient (Wildman–Crippen LogP) is 1.13. The molecule has 60 heavy (non-hydrogen) atoms. The number of ether oxygens (including phenoxy) is 2. The van der Waals surface area contributed by atoms with Gasteiger partial charge in [-0.3, -0.25) is 4.79 Å². The average molecular weight is 925 g/mol. The zero-order valence-electron chi connectivity index (χ0n) is 30.8. The standard InChI is InChI=1S/C32H41F13N2O12S/c1-26(2,13-60-8-7-27(33,34)28(35,36)29(37,38)30(39,40)31(41,42)32(43,44)45)47(57)10-15-5-3-14(4-6-15)9-46-24(56)21(54)20(53)23(16(50)11-48)59-25-22(55)19(52)18(51)17(12-49)58-25/h3-6,10,16-23,25,48-55H,7-9,11-13H2,1-2H3,(H,46,56)/b47-10-/t16-,17-,18+,19+,20-,21-,22-,23-,25+/m1/s1. The van der Waals surface area contributed by atoms with E-state index < -0.39 is 133 Å². The van der Waals surface area contributed by atoms with E-state index >= 15 is 0 Å². The first-order valence-corrected chi connectivity index (χ1v) is 18.1. The van der Waals surface area contributed by atoms with Crippen molar-refractivity contribution in [2.24, 2.45) is 0 Å². The molecule has 1 saturated heterocycles. The molecule has 348 valence electrons. The van der Waals surface area contributed by atoms with Gasteiger partial charge < -0.3 is 60.8 Å². The number of hydrogen-bond acceptors (Lipinski definition) is 13. The molecule has 0 radical (unpaired) electrons. The molecule has 0 bridgehead atoms. The third-order valence-electron chi connectivity index (χ3n) is 8.96.